The highest BCUT2D eigenvalue weighted by atomic mass is 16.5. The number of carbonyl (C=O) groups is 1. The number of H-pyrrole nitrogens is 1. The van der Waals surface area contributed by atoms with Crippen LogP contribution in [0, 0.1) is 6.92 Å². The molecule has 0 aliphatic heterocycles. The van der Waals surface area contributed by atoms with E-state index in [1.807, 2.05) is 61.5 Å². The molecule has 0 fully saturated rings. The summed E-state index contributed by atoms with van der Waals surface area (Å²) in [6, 6.07) is 15.8. The highest BCUT2D eigenvalue weighted by molar-refractivity contribution is 6.23. The number of ether oxygens (including phenoxy) is 1. The second-order valence-electron chi connectivity index (χ2n) is 6.17. The molecule has 2 N–H and O–H groups in total. The Morgan fingerprint density at radius 1 is 1.19 bits per heavy atom. The lowest BCUT2D eigenvalue weighted by molar-refractivity contribution is -0.115. The normalized spacial score (nSPS) is 11.7. The van der Waals surface area contributed by atoms with Gasteiger partial charge in [-0.3, -0.25) is 4.79 Å². The second kappa shape index (κ2) is 8.45. The first-order valence-electron chi connectivity index (χ1n) is 8.68. The number of carbonyl (C=O) groups excluding carboxylic acids is 1. The number of amides is 1. The molecule has 0 saturated heterocycles. The molecule has 0 atom stereocenters. The first-order valence-corrected chi connectivity index (χ1v) is 8.68. The standard InChI is InChI=1S/C21H23N3O2/c1-15-8-10-16(11-9-15)14-17(21(25)22-12-5-13-26-2)20-23-18-6-3-4-7-19(18)24-20/h3-4,6-11,14H,5,12-13H2,1-2H3,(H,22,25)(H,23,24). The molecule has 26 heavy (non-hydrogen) atoms. The third kappa shape index (κ3) is 4.37. The number of fused-ring (bicyclic) bond motifs is 1. The molecule has 0 spiro atoms. The number of rotatable bonds is 7. The third-order valence-electron chi connectivity index (χ3n) is 4.09. The van der Waals surface area contributed by atoms with Crippen LogP contribution >= 0.6 is 0 Å². The summed E-state index contributed by atoms with van der Waals surface area (Å²) in [6.45, 7) is 3.20. The van der Waals surface area contributed by atoms with Gasteiger partial charge in [0, 0.05) is 20.3 Å². The lowest BCUT2D eigenvalue weighted by Crippen LogP contribution is -2.26. The Labute approximate surface area is 153 Å². The molecule has 0 aliphatic carbocycles. The van der Waals surface area contributed by atoms with E-state index < -0.39 is 0 Å². The van der Waals surface area contributed by atoms with E-state index in [-0.39, 0.29) is 5.91 Å². The highest BCUT2D eigenvalue weighted by Gasteiger charge is 2.16. The summed E-state index contributed by atoms with van der Waals surface area (Å²) in [5.41, 5.74) is 4.39. The molecule has 3 aromatic rings. The number of hydrogen-bond acceptors (Lipinski definition) is 3. The summed E-state index contributed by atoms with van der Waals surface area (Å²) in [5, 5.41) is 2.94. The Kier molecular flexibility index (Phi) is 5.81. The Hall–Kier alpha value is -2.92. The van der Waals surface area contributed by atoms with Crippen molar-refractivity contribution in [1.82, 2.24) is 15.3 Å². The van der Waals surface area contributed by atoms with E-state index in [4.69, 9.17) is 4.74 Å². The SMILES string of the molecule is COCCCNC(=O)C(=Cc1ccc(C)cc1)c1nc2ccccc2[nH]1. The fourth-order valence-corrected chi connectivity index (χ4v) is 2.66. The number of para-hydroxylation sites is 2. The van der Waals surface area contributed by atoms with Crippen LogP contribution in [0.3, 0.4) is 0 Å². The Morgan fingerprint density at radius 3 is 2.69 bits per heavy atom. The molecule has 2 aromatic carbocycles. The molecule has 134 valence electrons. The van der Waals surface area contributed by atoms with Gasteiger partial charge in [-0.2, -0.15) is 0 Å². The third-order valence-corrected chi connectivity index (χ3v) is 4.09. The topological polar surface area (TPSA) is 67.0 Å². The summed E-state index contributed by atoms with van der Waals surface area (Å²) in [7, 11) is 1.65. The molecule has 1 aromatic heterocycles. The number of aryl methyl sites for hydroxylation is 1. The number of imidazole rings is 1. The van der Waals surface area contributed by atoms with Crippen LogP contribution in [0.2, 0.25) is 0 Å². The van der Waals surface area contributed by atoms with Gasteiger partial charge in [0.2, 0.25) is 0 Å². The molecular formula is C21H23N3O2. The first kappa shape index (κ1) is 17.9. The number of aromatic amines is 1. The quantitative estimate of drug-likeness (QED) is 0.506. The molecule has 0 unspecified atom stereocenters. The number of hydrogen-bond donors (Lipinski definition) is 2. The van der Waals surface area contributed by atoms with E-state index in [2.05, 4.69) is 15.3 Å². The minimum Gasteiger partial charge on any atom is -0.385 e. The molecule has 0 saturated carbocycles. The van der Waals surface area contributed by atoms with Gasteiger partial charge in [0.1, 0.15) is 5.82 Å². The zero-order valence-electron chi connectivity index (χ0n) is 15.1. The van der Waals surface area contributed by atoms with Gasteiger partial charge < -0.3 is 15.0 Å². The Balaban J connectivity index is 1.92. The van der Waals surface area contributed by atoms with Crippen LogP contribution in [0.1, 0.15) is 23.4 Å². The average molecular weight is 349 g/mol. The van der Waals surface area contributed by atoms with Crippen molar-refractivity contribution in [3.63, 3.8) is 0 Å². The smallest absolute Gasteiger partial charge is 0.255 e. The fourth-order valence-electron chi connectivity index (χ4n) is 2.66. The van der Waals surface area contributed by atoms with Gasteiger partial charge in [-0.1, -0.05) is 42.0 Å². The Bertz CT molecular complexity index is 877. The van der Waals surface area contributed by atoms with Crippen LogP contribution in [0.15, 0.2) is 48.5 Å². The zero-order chi connectivity index (χ0) is 18.4. The minimum atomic E-state index is -0.152. The minimum absolute atomic E-state index is 0.152. The van der Waals surface area contributed by atoms with Crippen molar-refractivity contribution >= 4 is 28.6 Å². The van der Waals surface area contributed by atoms with Crippen molar-refractivity contribution in [1.29, 1.82) is 0 Å². The van der Waals surface area contributed by atoms with Crippen LogP contribution in [-0.2, 0) is 9.53 Å². The average Bonchev–Trinajstić information content (AvgIpc) is 3.08. The highest BCUT2D eigenvalue weighted by Crippen LogP contribution is 2.20. The van der Waals surface area contributed by atoms with Crippen molar-refractivity contribution in [2.45, 2.75) is 13.3 Å². The molecule has 1 heterocycles. The summed E-state index contributed by atoms with van der Waals surface area (Å²) < 4.78 is 5.03. The number of benzene rings is 2. The first-order chi connectivity index (χ1) is 12.7. The molecule has 5 heteroatoms. The van der Waals surface area contributed by atoms with E-state index in [0.717, 1.165) is 23.0 Å². The number of nitrogens with zero attached hydrogens (tertiary/aromatic N) is 1. The van der Waals surface area contributed by atoms with Crippen LogP contribution in [0.5, 0.6) is 0 Å². The molecular weight excluding hydrogens is 326 g/mol. The van der Waals surface area contributed by atoms with Crippen molar-refractivity contribution in [3.8, 4) is 0 Å². The van der Waals surface area contributed by atoms with Gasteiger partial charge >= 0.3 is 0 Å². The van der Waals surface area contributed by atoms with Gasteiger partial charge in [-0.05, 0) is 37.1 Å². The molecule has 0 radical (unpaired) electrons. The van der Waals surface area contributed by atoms with Gasteiger partial charge in [0.05, 0.1) is 16.6 Å². The summed E-state index contributed by atoms with van der Waals surface area (Å²) >= 11 is 0. The molecule has 0 bridgehead atoms. The fraction of sp³-hybridized carbons (Fsp3) is 0.238. The van der Waals surface area contributed by atoms with Crippen LogP contribution in [-0.4, -0.2) is 36.1 Å². The Morgan fingerprint density at radius 2 is 1.96 bits per heavy atom. The molecule has 3 rings (SSSR count). The molecule has 1 amide bonds. The number of aromatic nitrogens is 2. The van der Waals surface area contributed by atoms with Gasteiger partial charge in [-0.15, -0.1) is 0 Å². The van der Waals surface area contributed by atoms with Crippen molar-refractivity contribution < 1.29 is 9.53 Å². The van der Waals surface area contributed by atoms with Crippen LogP contribution in [0.25, 0.3) is 22.7 Å². The van der Waals surface area contributed by atoms with Crippen LogP contribution < -0.4 is 5.32 Å². The maximum Gasteiger partial charge on any atom is 0.255 e. The maximum atomic E-state index is 12.8. The maximum absolute atomic E-state index is 12.8. The van der Waals surface area contributed by atoms with Crippen molar-refractivity contribution in [2.75, 3.05) is 20.3 Å². The summed E-state index contributed by atoms with van der Waals surface area (Å²) in [5.74, 6) is 0.414. The van der Waals surface area contributed by atoms with Crippen LogP contribution in [0.4, 0.5) is 0 Å². The second-order valence-corrected chi connectivity index (χ2v) is 6.17. The van der Waals surface area contributed by atoms with Gasteiger partial charge in [0.25, 0.3) is 5.91 Å². The van der Waals surface area contributed by atoms with E-state index in [9.17, 15) is 4.79 Å². The van der Waals surface area contributed by atoms with Gasteiger partial charge in [-0.25, -0.2) is 4.98 Å². The zero-order valence-corrected chi connectivity index (χ0v) is 15.1. The van der Waals surface area contributed by atoms with E-state index in [1.54, 1.807) is 7.11 Å². The van der Waals surface area contributed by atoms with Crippen molar-refractivity contribution in [2.24, 2.45) is 0 Å². The van der Waals surface area contributed by atoms with Gasteiger partial charge in [0.15, 0.2) is 0 Å². The van der Waals surface area contributed by atoms with E-state index in [0.29, 0.717) is 24.5 Å². The summed E-state index contributed by atoms with van der Waals surface area (Å²) in [4.78, 5) is 20.6. The molecule has 0 aliphatic rings. The number of nitrogens with one attached hydrogen (secondary N) is 2. The predicted molar refractivity (Wildman–Crippen MR) is 105 cm³/mol. The van der Waals surface area contributed by atoms with E-state index in [1.165, 1.54) is 5.56 Å². The largest absolute Gasteiger partial charge is 0.385 e. The van der Waals surface area contributed by atoms with Crippen molar-refractivity contribution in [3.05, 3.63) is 65.5 Å². The van der Waals surface area contributed by atoms with E-state index >= 15 is 0 Å². The predicted octanol–water partition coefficient (Wildman–Crippen LogP) is 3.56. The monoisotopic (exact) mass is 349 g/mol. The summed E-state index contributed by atoms with van der Waals surface area (Å²) in [6.07, 6.45) is 2.63. The lowest BCUT2D eigenvalue weighted by atomic mass is 10.1. The lowest BCUT2D eigenvalue weighted by Gasteiger charge is -2.07. The number of methoxy groups -OCH3 is 1. The molecule has 5 nitrogen and oxygen atoms in total.